The van der Waals surface area contributed by atoms with Crippen LogP contribution in [-0.4, -0.2) is 31.4 Å². The van der Waals surface area contributed by atoms with Crippen LogP contribution < -0.4 is 10.9 Å². The maximum absolute atomic E-state index is 12.4. The van der Waals surface area contributed by atoms with Crippen molar-refractivity contribution < 1.29 is 4.79 Å². The van der Waals surface area contributed by atoms with Gasteiger partial charge in [-0.2, -0.15) is 5.10 Å². The molecule has 1 amide bonds. The van der Waals surface area contributed by atoms with Gasteiger partial charge in [-0.15, -0.1) is 0 Å². The van der Waals surface area contributed by atoms with Gasteiger partial charge in [-0.3, -0.25) is 9.59 Å². The maximum Gasteiger partial charge on any atom is 0.262 e. The van der Waals surface area contributed by atoms with E-state index in [0.29, 0.717) is 16.2 Å². The Morgan fingerprint density at radius 3 is 2.67 bits per heavy atom. The molecule has 0 aliphatic rings. The molecule has 2 heterocycles. The van der Waals surface area contributed by atoms with E-state index in [1.54, 1.807) is 4.68 Å². The molecule has 9 heteroatoms. The standard InChI is InChI=1S/C21H18BrN5O2S/c1-13(14-7-9-15(22)10-8-14)24-18(28)12-30-21-25-19-17(20(29)26-21)11-23-27(19)16-5-3-2-4-6-16/h2-11,13H,12H2,1H3,(H,24,28)(H,25,26,29). The van der Waals surface area contributed by atoms with Gasteiger partial charge in [0, 0.05) is 4.47 Å². The van der Waals surface area contributed by atoms with Crippen LogP contribution in [0.4, 0.5) is 0 Å². The monoisotopic (exact) mass is 483 g/mol. The number of aromatic amines is 1. The Kier molecular flexibility index (Phi) is 6.01. The number of carbonyl (C=O) groups is 1. The summed E-state index contributed by atoms with van der Waals surface area (Å²) < 4.78 is 2.60. The number of aromatic nitrogens is 4. The van der Waals surface area contributed by atoms with Crippen LogP contribution in [0.3, 0.4) is 0 Å². The van der Waals surface area contributed by atoms with Gasteiger partial charge in [0.1, 0.15) is 5.39 Å². The van der Waals surface area contributed by atoms with Crippen molar-refractivity contribution >= 4 is 44.6 Å². The summed E-state index contributed by atoms with van der Waals surface area (Å²) in [6.45, 7) is 1.93. The molecule has 2 aromatic heterocycles. The summed E-state index contributed by atoms with van der Waals surface area (Å²) in [7, 11) is 0. The quantitative estimate of drug-likeness (QED) is 0.321. The predicted molar refractivity (Wildman–Crippen MR) is 121 cm³/mol. The molecule has 0 spiro atoms. The highest BCUT2D eigenvalue weighted by molar-refractivity contribution is 9.10. The third-order valence-corrected chi connectivity index (χ3v) is 5.91. The lowest BCUT2D eigenvalue weighted by atomic mass is 10.1. The second-order valence-electron chi connectivity index (χ2n) is 6.63. The molecule has 30 heavy (non-hydrogen) atoms. The molecule has 7 nitrogen and oxygen atoms in total. The van der Waals surface area contributed by atoms with E-state index in [4.69, 9.17) is 0 Å². The average Bonchev–Trinajstić information content (AvgIpc) is 3.18. The Bertz CT molecular complexity index is 1240. The van der Waals surface area contributed by atoms with E-state index in [1.807, 2.05) is 61.5 Å². The van der Waals surface area contributed by atoms with E-state index in [9.17, 15) is 9.59 Å². The number of amides is 1. The summed E-state index contributed by atoms with van der Waals surface area (Å²) in [5.74, 6) is -0.0100. The number of hydrogen-bond acceptors (Lipinski definition) is 5. The van der Waals surface area contributed by atoms with Crippen LogP contribution in [0, 0.1) is 0 Å². The highest BCUT2D eigenvalue weighted by Gasteiger charge is 2.14. The van der Waals surface area contributed by atoms with Crippen LogP contribution >= 0.6 is 27.7 Å². The number of halogens is 1. The van der Waals surface area contributed by atoms with Crippen molar-refractivity contribution in [2.24, 2.45) is 0 Å². The van der Waals surface area contributed by atoms with Crippen molar-refractivity contribution in [1.29, 1.82) is 0 Å². The largest absolute Gasteiger partial charge is 0.349 e. The van der Waals surface area contributed by atoms with E-state index in [2.05, 4.69) is 36.3 Å². The number of H-pyrrole nitrogens is 1. The van der Waals surface area contributed by atoms with Gasteiger partial charge >= 0.3 is 0 Å². The van der Waals surface area contributed by atoms with E-state index >= 15 is 0 Å². The number of thioether (sulfide) groups is 1. The molecule has 2 N–H and O–H groups in total. The molecular formula is C21H18BrN5O2S. The SMILES string of the molecule is CC(NC(=O)CSc1nc2c(cnn2-c2ccccc2)c(=O)[nH]1)c1ccc(Br)cc1. The van der Waals surface area contributed by atoms with Gasteiger partial charge < -0.3 is 10.3 Å². The second kappa shape index (κ2) is 8.85. The van der Waals surface area contributed by atoms with Gasteiger partial charge in [-0.25, -0.2) is 9.67 Å². The molecule has 1 atom stereocenters. The van der Waals surface area contributed by atoms with Gasteiger partial charge in [0.25, 0.3) is 5.56 Å². The lowest BCUT2D eigenvalue weighted by molar-refractivity contribution is -0.119. The van der Waals surface area contributed by atoms with Crippen molar-refractivity contribution in [2.45, 2.75) is 18.1 Å². The molecule has 4 aromatic rings. The van der Waals surface area contributed by atoms with Crippen LogP contribution in [0.1, 0.15) is 18.5 Å². The number of fused-ring (bicyclic) bond motifs is 1. The number of benzene rings is 2. The third-order valence-electron chi connectivity index (χ3n) is 4.50. The molecular weight excluding hydrogens is 466 g/mol. The molecule has 0 fully saturated rings. The Morgan fingerprint density at radius 2 is 1.93 bits per heavy atom. The smallest absolute Gasteiger partial charge is 0.262 e. The first-order valence-electron chi connectivity index (χ1n) is 9.22. The molecule has 0 aliphatic carbocycles. The molecule has 1 unspecified atom stereocenters. The summed E-state index contributed by atoms with van der Waals surface area (Å²) in [4.78, 5) is 32.0. The molecule has 0 saturated carbocycles. The highest BCUT2D eigenvalue weighted by Crippen LogP contribution is 2.19. The predicted octanol–water partition coefficient (Wildman–Crippen LogP) is 3.84. The number of hydrogen-bond donors (Lipinski definition) is 2. The average molecular weight is 484 g/mol. The Labute approximate surface area is 185 Å². The zero-order chi connectivity index (χ0) is 21.1. The number of para-hydroxylation sites is 1. The topological polar surface area (TPSA) is 92.7 Å². The Balaban J connectivity index is 1.48. The molecule has 0 saturated heterocycles. The Morgan fingerprint density at radius 1 is 1.20 bits per heavy atom. The van der Waals surface area contributed by atoms with E-state index in [-0.39, 0.29) is 23.3 Å². The fourth-order valence-electron chi connectivity index (χ4n) is 2.98. The third kappa shape index (κ3) is 4.47. The summed E-state index contributed by atoms with van der Waals surface area (Å²) in [6, 6.07) is 17.1. The molecule has 0 radical (unpaired) electrons. The summed E-state index contributed by atoms with van der Waals surface area (Å²) in [5.41, 5.74) is 1.99. The van der Waals surface area contributed by atoms with E-state index in [0.717, 1.165) is 15.7 Å². The highest BCUT2D eigenvalue weighted by atomic mass is 79.9. The van der Waals surface area contributed by atoms with Crippen LogP contribution in [0.15, 0.2) is 75.2 Å². The lowest BCUT2D eigenvalue weighted by Crippen LogP contribution is -2.28. The van der Waals surface area contributed by atoms with E-state index < -0.39 is 0 Å². The Hall–Kier alpha value is -2.91. The summed E-state index contributed by atoms with van der Waals surface area (Å²) in [6.07, 6.45) is 1.50. The van der Waals surface area contributed by atoms with E-state index in [1.165, 1.54) is 18.0 Å². The number of nitrogens with one attached hydrogen (secondary N) is 2. The van der Waals surface area contributed by atoms with Gasteiger partial charge in [0.15, 0.2) is 10.8 Å². The number of rotatable bonds is 6. The van der Waals surface area contributed by atoms with Crippen molar-refractivity contribution in [3.05, 3.63) is 81.2 Å². The van der Waals surface area contributed by atoms with Crippen LogP contribution in [0.5, 0.6) is 0 Å². The maximum atomic E-state index is 12.4. The fourth-order valence-corrected chi connectivity index (χ4v) is 3.91. The van der Waals surface area contributed by atoms with Crippen LogP contribution in [0.25, 0.3) is 16.7 Å². The minimum Gasteiger partial charge on any atom is -0.349 e. The minimum atomic E-state index is -0.284. The zero-order valence-corrected chi connectivity index (χ0v) is 18.4. The van der Waals surface area contributed by atoms with Crippen molar-refractivity contribution in [2.75, 3.05) is 5.75 Å². The summed E-state index contributed by atoms with van der Waals surface area (Å²) in [5, 5.41) is 8.01. The van der Waals surface area contributed by atoms with Gasteiger partial charge in [-0.1, -0.05) is 58.0 Å². The normalized spacial score (nSPS) is 12.1. The first-order chi connectivity index (χ1) is 14.5. The molecule has 4 rings (SSSR count). The lowest BCUT2D eigenvalue weighted by Gasteiger charge is -2.14. The molecule has 152 valence electrons. The van der Waals surface area contributed by atoms with Gasteiger partial charge in [0.2, 0.25) is 5.91 Å². The fraction of sp³-hybridized carbons (Fsp3) is 0.143. The first-order valence-corrected chi connectivity index (χ1v) is 11.0. The van der Waals surface area contributed by atoms with Crippen LogP contribution in [0.2, 0.25) is 0 Å². The number of nitrogens with zero attached hydrogens (tertiary/aromatic N) is 3. The van der Waals surface area contributed by atoms with Gasteiger partial charge in [-0.05, 0) is 36.8 Å². The zero-order valence-electron chi connectivity index (χ0n) is 16.0. The van der Waals surface area contributed by atoms with Gasteiger partial charge in [0.05, 0.1) is 23.7 Å². The molecule has 0 aliphatic heterocycles. The second-order valence-corrected chi connectivity index (χ2v) is 8.51. The number of carbonyl (C=O) groups excluding carboxylic acids is 1. The molecule has 2 aromatic carbocycles. The van der Waals surface area contributed by atoms with Crippen LogP contribution in [-0.2, 0) is 4.79 Å². The van der Waals surface area contributed by atoms with Crippen molar-refractivity contribution in [3.8, 4) is 5.69 Å². The first kappa shape index (κ1) is 20.4. The van der Waals surface area contributed by atoms with Crippen molar-refractivity contribution in [1.82, 2.24) is 25.1 Å². The minimum absolute atomic E-state index is 0.125. The van der Waals surface area contributed by atoms with Crippen molar-refractivity contribution in [3.63, 3.8) is 0 Å². The molecule has 0 bridgehead atoms. The summed E-state index contributed by atoms with van der Waals surface area (Å²) >= 11 is 4.58.